The standard InChI is InChI=1S/C19H17BrN4O2/c1-19(2)12-8-10(4-5-14(12)24(3)18(19)26)17(25)23-16-15(20)11-6-7-21-13(11)9-22-16/h4-9,21H,1-3H3,(H,22,23,25). The summed E-state index contributed by atoms with van der Waals surface area (Å²) in [6.45, 7) is 3.74. The highest BCUT2D eigenvalue weighted by molar-refractivity contribution is 9.10. The lowest BCUT2D eigenvalue weighted by Crippen LogP contribution is -2.33. The number of aromatic amines is 1. The summed E-state index contributed by atoms with van der Waals surface area (Å²) in [5.41, 5.74) is 2.41. The second kappa shape index (κ2) is 5.67. The first-order valence-corrected chi connectivity index (χ1v) is 8.95. The van der Waals surface area contributed by atoms with Crippen molar-refractivity contribution in [1.29, 1.82) is 0 Å². The van der Waals surface area contributed by atoms with Crippen molar-refractivity contribution in [2.75, 3.05) is 17.3 Å². The summed E-state index contributed by atoms with van der Waals surface area (Å²) in [5, 5.41) is 3.78. The lowest BCUT2D eigenvalue weighted by Gasteiger charge is -2.16. The second-order valence-corrected chi connectivity index (χ2v) is 7.69. The van der Waals surface area contributed by atoms with E-state index in [2.05, 4.69) is 31.2 Å². The van der Waals surface area contributed by atoms with Gasteiger partial charge in [0.2, 0.25) is 5.91 Å². The number of fused-ring (bicyclic) bond motifs is 2. The molecule has 0 saturated heterocycles. The van der Waals surface area contributed by atoms with Crippen LogP contribution < -0.4 is 10.2 Å². The Morgan fingerprint density at radius 1 is 1.31 bits per heavy atom. The van der Waals surface area contributed by atoms with Crippen LogP contribution in [-0.4, -0.2) is 28.8 Å². The van der Waals surface area contributed by atoms with E-state index in [-0.39, 0.29) is 11.8 Å². The van der Waals surface area contributed by atoms with Crippen LogP contribution in [0.1, 0.15) is 29.8 Å². The minimum absolute atomic E-state index is 0.0207. The van der Waals surface area contributed by atoms with Crippen LogP contribution in [0.25, 0.3) is 10.9 Å². The maximum absolute atomic E-state index is 12.7. The molecule has 2 N–H and O–H groups in total. The van der Waals surface area contributed by atoms with Gasteiger partial charge < -0.3 is 15.2 Å². The van der Waals surface area contributed by atoms with Gasteiger partial charge in [0.05, 0.1) is 21.6 Å². The van der Waals surface area contributed by atoms with E-state index >= 15 is 0 Å². The van der Waals surface area contributed by atoms with Crippen LogP contribution in [0.15, 0.2) is 41.1 Å². The van der Waals surface area contributed by atoms with E-state index in [0.717, 1.165) is 26.6 Å². The number of hydrogen-bond acceptors (Lipinski definition) is 3. The molecule has 7 heteroatoms. The fraction of sp³-hybridized carbons (Fsp3) is 0.211. The highest BCUT2D eigenvalue weighted by Crippen LogP contribution is 2.41. The van der Waals surface area contributed by atoms with Gasteiger partial charge in [-0.1, -0.05) is 0 Å². The highest BCUT2D eigenvalue weighted by atomic mass is 79.9. The second-order valence-electron chi connectivity index (χ2n) is 6.90. The zero-order valence-electron chi connectivity index (χ0n) is 14.6. The zero-order valence-corrected chi connectivity index (χ0v) is 16.1. The van der Waals surface area contributed by atoms with Crippen LogP contribution in [-0.2, 0) is 10.2 Å². The van der Waals surface area contributed by atoms with Crippen molar-refractivity contribution in [3.8, 4) is 0 Å². The Hall–Kier alpha value is -2.67. The number of pyridine rings is 1. The van der Waals surface area contributed by atoms with E-state index in [4.69, 9.17) is 0 Å². The molecule has 4 rings (SSSR count). The van der Waals surface area contributed by atoms with Gasteiger partial charge in [-0.05, 0) is 59.6 Å². The quantitative estimate of drug-likeness (QED) is 0.671. The lowest BCUT2D eigenvalue weighted by molar-refractivity contribution is -0.121. The molecule has 1 aliphatic heterocycles. The fourth-order valence-corrected chi connectivity index (χ4v) is 3.92. The van der Waals surface area contributed by atoms with Crippen molar-refractivity contribution in [1.82, 2.24) is 9.97 Å². The predicted octanol–water partition coefficient (Wildman–Crippen LogP) is 3.83. The molecule has 1 aliphatic rings. The van der Waals surface area contributed by atoms with E-state index in [9.17, 15) is 9.59 Å². The lowest BCUT2D eigenvalue weighted by atomic mass is 9.85. The van der Waals surface area contributed by atoms with Crippen LogP contribution in [0.4, 0.5) is 11.5 Å². The van der Waals surface area contributed by atoms with E-state index in [1.807, 2.05) is 32.2 Å². The largest absolute Gasteiger partial charge is 0.360 e. The SMILES string of the molecule is CN1C(=O)C(C)(C)c2cc(C(=O)Nc3ncc4[nH]ccc4c3Br)ccc21. The number of likely N-dealkylation sites (N-methyl/N-ethyl adjacent to an activating group) is 1. The molecule has 26 heavy (non-hydrogen) atoms. The molecule has 2 amide bonds. The number of carbonyl (C=O) groups excluding carboxylic acids is 2. The topological polar surface area (TPSA) is 78.1 Å². The maximum Gasteiger partial charge on any atom is 0.256 e. The first-order chi connectivity index (χ1) is 12.3. The third-order valence-electron chi connectivity index (χ3n) is 4.91. The summed E-state index contributed by atoms with van der Waals surface area (Å²) >= 11 is 3.50. The zero-order chi connectivity index (χ0) is 18.6. The third kappa shape index (κ3) is 2.34. The van der Waals surface area contributed by atoms with E-state index in [1.165, 1.54) is 0 Å². The summed E-state index contributed by atoms with van der Waals surface area (Å²) in [6.07, 6.45) is 3.49. The number of nitrogens with one attached hydrogen (secondary N) is 2. The number of nitrogens with zero attached hydrogens (tertiary/aromatic N) is 2. The van der Waals surface area contributed by atoms with Crippen LogP contribution in [0.5, 0.6) is 0 Å². The maximum atomic E-state index is 12.7. The molecule has 3 heterocycles. The summed E-state index contributed by atoms with van der Waals surface area (Å²) in [4.78, 5) is 34.1. The molecule has 0 aliphatic carbocycles. The molecule has 0 saturated carbocycles. The molecule has 2 aromatic heterocycles. The molecular formula is C19H17BrN4O2. The van der Waals surface area contributed by atoms with Crippen molar-refractivity contribution < 1.29 is 9.59 Å². The number of benzene rings is 1. The normalized spacial score (nSPS) is 15.4. The average Bonchev–Trinajstić information content (AvgIpc) is 3.17. The van der Waals surface area contributed by atoms with Crippen molar-refractivity contribution in [2.45, 2.75) is 19.3 Å². The number of H-pyrrole nitrogens is 1. The first-order valence-electron chi connectivity index (χ1n) is 8.16. The third-order valence-corrected chi connectivity index (χ3v) is 5.71. The number of rotatable bonds is 2. The monoisotopic (exact) mass is 412 g/mol. The van der Waals surface area contributed by atoms with Crippen LogP contribution in [0, 0.1) is 0 Å². The van der Waals surface area contributed by atoms with E-state index in [0.29, 0.717) is 11.4 Å². The Balaban J connectivity index is 1.68. The van der Waals surface area contributed by atoms with E-state index in [1.54, 1.807) is 30.3 Å². The van der Waals surface area contributed by atoms with Crippen LogP contribution in [0.2, 0.25) is 0 Å². The van der Waals surface area contributed by atoms with Crippen LogP contribution >= 0.6 is 15.9 Å². The van der Waals surface area contributed by atoms with Gasteiger partial charge >= 0.3 is 0 Å². The van der Waals surface area contributed by atoms with Gasteiger partial charge in [-0.3, -0.25) is 9.59 Å². The Labute approximate surface area is 158 Å². The highest BCUT2D eigenvalue weighted by Gasteiger charge is 2.42. The molecule has 0 fully saturated rings. The first kappa shape index (κ1) is 16.8. The predicted molar refractivity (Wildman–Crippen MR) is 105 cm³/mol. The van der Waals surface area contributed by atoms with Gasteiger partial charge in [-0.25, -0.2) is 4.98 Å². The number of hydrogen-bond donors (Lipinski definition) is 2. The molecule has 6 nitrogen and oxygen atoms in total. The van der Waals surface area contributed by atoms with Gasteiger partial charge in [-0.2, -0.15) is 0 Å². The van der Waals surface area contributed by atoms with Gasteiger partial charge in [0.1, 0.15) is 5.82 Å². The smallest absolute Gasteiger partial charge is 0.256 e. The molecule has 0 unspecified atom stereocenters. The summed E-state index contributed by atoms with van der Waals surface area (Å²) in [6, 6.07) is 7.24. The van der Waals surface area contributed by atoms with Gasteiger partial charge in [-0.15, -0.1) is 0 Å². The van der Waals surface area contributed by atoms with Crippen LogP contribution in [0.3, 0.4) is 0 Å². The Morgan fingerprint density at radius 2 is 2.08 bits per heavy atom. The molecule has 0 spiro atoms. The van der Waals surface area contributed by atoms with Crippen molar-refractivity contribution in [3.05, 3.63) is 52.3 Å². The Morgan fingerprint density at radius 3 is 2.85 bits per heavy atom. The summed E-state index contributed by atoms with van der Waals surface area (Å²) in [5.74, 6) is 0.205. The number of anilines is 2. The Bertz CT molecular complexity index is 1070. The Kier molecular flexibility index (Phi) is 3.66. The summed E-state index contributed by atoms with van der Waals surface area (Å²) < 4.78 is 0.723. The molecule has 0 atom stereocenters. The molecule has 132 valence electrons. The minimum Gasteiger partial charge on any atom is -0.360 e. The minimum atomic E-state index is -0.650. The van der Waals surface area contributed by atoms with Crippen molar-refractivity contribution >= 4 is 50.2 Å². The van der Waals surface area contributed by atoms with Crippen molar-refractivity contribution in [2.24, 2.45) is 0 Å². The molecule has 1 aromatic carbocycles. The van der Waals surface area contributed by atoms with Gasteiger partial charge in [0, 0.05) is 29.9 Å². The van der Waals surface area contributed by atoms with Gasteiger partial charge in [0.25, 0.3) is 5.91 Å². The summed E-state index contributed by atoms with van der Waals surface area (Å²) in [7, 11) is 1.75. The molecule has 0 radical (unpaired) electrons. The number of aromatic nitrogens is 2. The average molecular weight is 413 g/mol. The van der Waals surface area contributed by atoms with Crippen molar-refractivity contribution in [3.63, 3.8) is 0 Å². The fourth-order valence-electron chi connectivity index (χ4n) is 3.37. The number of carbonyl (C=O) groups is 2. The number of amides is 2. The molecular weight excluding hydrogens is 396 g/mol. The van der Waals surface area contributed by atoms with E-state index < -0.39 is 5.41 Å². The number of halogens is 1. The molecule has 0 bridgehead atoms. The van der Waals surface area contributed by atoms with Gasteiger partial charge in [0.15, 0.2) is 0 Å². The molecule has 3 aromatic rings.